The van der Waals surface area contributed by atoms with E-state index in [1.165, 1.54) is 212 Å². The molecule has 106 heavy (non-hydrogen) atoms. The molecule has 0 radical (unpaired) electrons. The first-order valence-electron chi connectivity index (χ1n) is 43.8. The van der Waals surface area contributed by atoms with Gasteiger partial charge in [0.05, 0.1) is 32.0 Å². The lowest BCUT2D eigenvalue weighted by molar-refractivity contribution is -0.359. The van der Waals surface area contributed by atoms with Crippen LogP contribution >= 0.6 is 0 Å². The predicted octanol–water partition coefficient (Wildman–Crippen LogP) is 21.1. The summed E-state index contributed by atoms with van der Waals surface area (Å²) in [6.07, 6.45) is 92.5. The Labute approximate surface area is 648 Å². The Balaban J connectivity index is 1.59. The van der Waals surface area contributed by atoms with Crippen LogP contribution < -0.4 is 5.32 Å². The molecule has 2 heterocycles. The van der Waals surface area contributed by atoms with E-state index in [4.69, 9.17) is 18.9 Å². The molecule has 2 fully saturated rings. The van der Waals surface area contributed by atoms with Crippen molar-refractivity contribution in [1.82, 2.24) is 5.32 Å². The molecule has 0 aliphatic carbocycles. The van der Waals surface area contributed by atoms with Gasteiger partial charge in [0.25, 0.3) is 0 Å². The van der Waals surface area contributed by atoms with E-state index in [1.807, 2.05) is 0 Å². The van der Waals surface area contributed by atoms with Gasteiger partial charge >= 0.3 is 0 Å². The second-order valence-corrected chi connectivity index (χ2v) is 30.3. The highest BCUT2D eigenvalue weighted by atomic mass is 16.7. The van der Waals surface area contributed by atoms with Crippen LogP contribution in [0.1, 0.15) is 361 Å². The molecule has 0 aromatic carbocycles. The van der Waals surface area contributed by atoms with E-state index in [9.17, 15) is 45.6 Å². The highest BCUT2D eigenvalue weighted by Crippen LogP contribution is 2.30. The molecule has 9 N–H and O–H groups in total. The van der Waals surface area contributed by atoms with E-state index in [-0.39, 0.29) is 12.5 Å². The first kappa shape index (κ1) is 98.5. The first-order valence-corrected chi connectivity index (χ1v) is 43.8. The SMILES string of the molecule is CC/C=C\C/C=C\C/C=C\C/C=C\C/C=C\C/C=C\C/C=C\C/C=C\C/C=C\C/C=C\CCCCCCCCCCCCC(=O)NC(COC1OC(CO)C(OC2OC(CO)C(O)C(O)C2O)C(O)C1O)C(O)CCCCCCCCCCCCCCCCCCCCCCCCCCCCCCCCC. The summed E-state index contributed by atoms with van der Waals surface area (Å²) >= 11 is 0. The number of unbranched alkanes of at least 4 members (excludes halogenated alkanes) is 40. The van der Waals surface area contributed by atoms with Crippen molar-refractivity contribution in [2.45, 2.75) is 434 Å². The predicted molar refractivity (Wildman–Crippen MR) is 442 cm³/mol. The first-order chi connectivity index (χ1) is 52.1. The standard InChI is InChI=1S/C92H161NO13/c1-3-5-7-9-11-13-15-17-19-21-23-25-27-29-31-33-35-36-37-38-39-40-41-42-43-44-46-48-50-52-54-56-58-60-62-64-66-68-70-72-74-76-84(97)93-80(79-103-91-89(102)87(100)90(83(78-95)105-91)106-92-88(101)86(99)85(98)82(77-94)104-92)81(96)75-73-71-69-67-65-63-61-59-57-55-53-51-49-47-45-34-32-30-28-26-24-22-20-18-16-14-12-10-8-6-4-2/h5,7,11,13,17,19,23,25,29,31,35-36,38-39,41-42,44,46,50,52,80-83,85-92,94-96,98-102H,3-4,6,8-10,12,14-16,18,20-22,24,26-28,30,32-34,37,40,43,45,47-49,51,53-79H2,1-2H3,(H,93,97)/b7-5-,13-11-,19-17-,25-23-,31-29-,36-35-,39-38-,42-41-,46-44-,52-50-. The van der Waals surface area contributed by atoms with Crippen LogP contribution in [-0.2, 0) is 23.7 Å². The number of ether oxygens (including phenoxy) is 4. The van der Waals surface area contributed by atoms with Crippen LogP contribution in [0.4, 0.5) is 0 Å². The molecule has 1 amide bonds. The smallest absolute Gasteiger partial charge is 0.220 e. The Bertz CT molecular complexity index is 2260. The normalized spacial score (nSPS) is 21.9. The van der Waals surface area contributed by atoms with Gasteiger partial charge in [0.1, 0.15) is 48.8 Å². The highest BCUT2D eigenvalue weighted by Gasteiger charge is 2.51. The fourth-order valence-corrected chi connectivity index (χ4v) is 13.9. The van der Waals surface area contributed by atoms with Gasteiger partial charge in [-0.25, -0.2) is 0 Å². The van der Waals surface area contributed by atoms with E-state index < -0.39 is 86.8 Å². The number of carbonyl (C=O) groups excluding carboxylic acids is 1. The number of hydrogen-bond acceptors (Lipinski definition) is 13. The van der Waals surface area contributed by atoms with Crippen molar-refractivity contribution in [3.8, 4) is 0 Å². The topological polar surface area (TPSA) is 228 Å². The Hall–Kier alpha value is -3.61. The molecule has 2 rings (SSSR count). The van der Waals surface area contributed by atoms with Crippen LogP contribution in [0.2, 0.25) is 0 Å². The molecule has 12 atom stereocenters. The summed E-state index contributed by atoms with van der Waals surface area (Å²) in [7, 11) is 0. The molecular weight excluding hydrogens is 1330 g/mol. The maximum Gasteiger partial charge on any atom is 0.220 e. The van der Waals surface area contributed by atoms with E-state index in [2.05, 4.69) is 141 Å². The second kappa shape index (κ2) is 74.2. The van der Waals surface area contributed by atoms with Crippen LogP contribution in [0.5, 0.6) is 0 Å². The van der Waals surface area contributed by atoms with Gasteiger partial charge in [0, 0.05) is 6.42 Å². The van der Waals surface area contributed by atoms with Crippen molar-refractivity contribution < 1.29 is 64.6 Å². The quantitative estimate of drug-likeness (QED) is 0.0204. The van der Waals surface area contributed by atoms with Crippen molar-refractivity contribution in [1.29, 1.82) is 0 Å². The molecule has 14 heteroatoms. The average Bonchev–Trinajstić information content (AvgIpc) is 0.790. The van der Waals surface area contributed by atoms with Gasteiger partial charge < -0.3 is 65.1 Å². The molecule has 0 spiro atoms. The zero-order valence-electron chi connectivity index (χ0n) is 67.4. The van der Waals surface area contributed by atoms with Crippen molar-refractivity contribution in [2.24, 2.45) is 0 Å². The summed E-state index contributed by atoms with van der Waals surface area (Å²) in [6, 6.07) is -0.841. The van der Waals surface area contributed by atoms with Crippen LogP contribution in [0, 0.1) is 0 Å². The number of nitrogens with one attached hydrogen (secondary N) is 1. The van der Waals surface area contributed by atoms with Crippen molar-refractivity contribution in [3.63, 3.8) is 0 Å². The maximum atomic E-state index is 13.4. The molecular formula is C92H161NO13. The average molecular weight is 1490 g/mol. The van der Waals surface area contributed by atoms with Crippen LogP contribution in [0.15, 0.2) is 122 Å². The summed E-state index contributed by atoms with van der Waals surface area (Å²) in [5, 5.41) is 88.0. The molecule has 14 nitrogen and oxygen atoms in total. The van der Waals surface area contributed by atoms with Gasteiger partial charge in [-0.2, -0.15) is 0 Å². The van der Waals surface area contributed by atoms with Gasteiger partial charge in [-0.05, 0) is 89.9 Å². The number of hydrogen-bond donors (Lipinski definition) is 9. The number of amides is 1. The largest absolute Gasteiger partial charge is 0.394 e. The molecule has 612 valence electrons. The maximum absolute atomic E-state index is 13.4. The van der Waals surface area contributed by atoms with E-state index in [1.54, 1.807) is 0 Å². The van der Waals surface area contributed by atoms with Gasteiger partial charge in [-0.15, -0.1) is 0 Å². The van der Waals surface area contributed by atoms with E-state index in [0.717, 1.165) is 116 Å². The molecule has 0 bridgehead atoms. The Morgan fingerprint density at radius 1 is 0.349 bits per heavy atom. The van der Waals surface area contributed by atoms with Crippen LogP contribution in [0.25, 0.3) is 0 Å². The van der Waals surface area contributed by atoms with Crippen molar-refractivity contribution in [3.05, 3.63) is 122 Å². The van der Waals surface area contributed by atoms with Gasteiger partial charge in [-0.1, -0.05) is 386 Å². The summed E-state index contributed by atoms with van der Waals surface area (Å²) in [6.45, 7) is 2.79. The minimum absolute atomic E-state index is 0.211. The fourth-order valence-electron chi connectivity index (χ4n) is 13.9. The third kappa shape index (κ3) is 55.7. The number of aliphatic hydroxyl groups is 8. The monoisotopic (exact) mass is 1490 g/mol. The summed E-state index contributed by atoms with van der Waals surface area (Å²) in [5.41, 5.74) is 0. The molecule has 2 aliphatic rings. The molecule has 0 saturated carbocycles. The lowest BCUT2D eigenvalue weighted by atomic mass is 9.97. The Kier molecular flexibility index (Phi) is 68.9. The summed E-state index contributed by atoms with van der Waals surface area (Å²) in [5.74, 6) is -0.211. The zero-order chi connectivity index (χ0) is 76.5. The van der Waals surface area contributed by atoms with Crippen molar-refractivity contribution in [2.75, 3.05) is 19.8 Å². The number of allylic oxidation sites excluding steroid dienone is 20. The Morgan fingerprint density at radius 2 is 0.651 bits per heavy atom. The molecule has 12 unspecified atom stereocenters. The fraction of sp³-hybridized carbons (Fsp3) is 0.772. The van der Waals surface area contributed by atoms with E-state index >= 15 is 0 Å². The summed E-state index contributed by atoms with van der Waals surface area (Å²) < 4.78 is 23.0. The molecule has 0 aromatic rings. The highest BCUT2D eigenvalue weighted by molar-refractivity contribution is 5.76. The van der Waals surface area contributed by atoms with Crippen LogP contribution in [0.3, 0.4) is 0 Å². The summed E-state index contributed by atoms with van der Waals surface area (Å²) in [4.78, 5) is 13.4. The second-order valence-electron chi connectivity index (χ2n) is 30.3. The van der Waals surface area contributed by atoms with Gasteiger partial charge in [0.15, 0.2) is 12.6 Å². The molecule has 0 aromatic heterocycles. The minimum atomic E-state index is -1.79. The Morgan fingerprint density at radius 3 is 1.00 bits per heavy atom. The molecule has 2 saturated heterocycles. The molecule has 2 aliphatic heterocycles. The third-order valence-corrected chi connectivity index (χ3v) is 20.7. The van der Waals surface area contributed by atoms with Gasteiger partial charge in [-0.3, -0.25) is 4.79 Å². The third-order valence-electron chi connectivity index (χ3n) is 20.7. The minimum Gasteiger partial charge on any atom is -0.394 e. The number of carbonyl (C=O) groups is 1. The number of aliphatic hydroxyl groups excluding tert-OH is 8. The van der Waals surface area contributed by atoms with Crippen LogP contribution in [-0.4, -0.2) is 140 Å². The zero-order valence-corrected chi connectivity index (χ0v) is 67.4. The lowest BCUT2D eigenvalue weighted by Crippen LogP contribution is -2.65. The van der Waals surface area contributed by atoms with Gasteiger partial charge in [0.2, 0.25) is 5.91 Å². The van der Waals surface area contributed by atoms with E-state index in [0.29, 0.717) is 19.3 Å². The lowest BCUT2D eigenvalue weighted by Gasteiger charge is -2.46. The number of rotatable bonds is 73. The van der Waals surface area contributed by atoms with Crippen molar-refractivity contribution >= 4 is 5.91 Å².